The first-order chi connectivity index (χ1) is 6.72. The minimum atomic E-state index is -0.638. The van der Waals surface area contributed by atoms with E-state index in [0.717, 1.165) is 5.56 Å². The van der Waals surface area contributed by atoms with Crippen LogP contribution >= 0.6 is 0 Å². The Balaban J connectivity index is 2.89. The van der Waals surface area contributed by atoms with E-state index in [4.69, 9.17) is 0 Å². The first-order valence-electron chi connectivity index (χ1n) is 4.04. The number of methoxy groups -OCH3 is 1. The van der Waals surface area contributed by atoms with E-state index in [2.05, 4.69) is 20.5 Å². The SMILES string of the molecule is COC([O-])=C=[N+]=Nc1ccc(C)cc1. The number of ether oxygens (including phenoxy) is 1. The van der Waals surface area contributed by atoms with Gasteiger partial charge in [0, 0.05) is 0 Å². The minimum Gasteiger partial charge on any atom is -0.606 e. The predicted molar refractivity (Wildman–Crippen MR) is 49.1 cm³/mol. The summed E-state index contributed by atoms with van der Waals surface area (Å²) in [6.45, 7) is 1.98. The fourth-order valence-electron chi connectivity index (χ4n) is 0.781. The van der Waals surface area contributed by atoms with Gasteiger partial charge < -0.3 is 9.84 Å². The third-order valence-electron chi connectivity index (χ3n) is 1.53. The Morgan fingerprint density at radius 3 is 2.64 bits per heavy atom. The first-order valence-corrected chi connectivity index (χ1v) is 4.04. The summed E-state index contributed by atoms with van der Waals surface area (Å²) in [6.07, 6.45) is 0. The van der Waals surface area contributed by atoms with Gasteiger partial charge in [0.15, 0.2) is 5.95 Å². The molecule has 0 aliphatic carbocycles. The lowest BCUT2D eigenvalue weighted by Crippen LogP contribution is -2.05. The number of benzene rings is 1. The zero-order valence-electron chi connectivity index (χ0n) is 8.02. The van der Waals surface area contributed by atoms with Crippen LogP contribution in [0.2, 0.25) is 0 Å². The second kappa shape index (κ2) is 4.87. The average Bonchev–Trinajstić information content (AvgIpc) is 2.21. The lowest BCUT2D eigenvalue weighted by atomic mass is 10.2. The molecule has 0 aromatic heterocycles. The summed E-state index contributed by atoms with van der Waals surface area (Å²) in [5, 5.41) is 14.3. The maximum absolute atomic E-state index is 10.6. The molecule has 1 aromatic rings. The van der Waals surface area contributed by atoms with Gasteiger partial charge in [-0.05, 0) is 26.2 Å². The summed E-state index contributed by atoms with van der Waals surface area (Å²) in [5.41, 5.74) is 1.82. The highest BCUT2D eigenvalue weighted by molar-refractivity contribution is 5.45. The smallest absolute Gasteiger partial charge is 0.376 e. The minimum absolute atomic E-state index is 0.638. The molecule has 1 aromatic carbocycles. The van der Waals surface area contributed by atoms with Crippen LogP contribution in [0, 0.1) is 6.92 Å². The topological polar surface area (TPSA) is 58.8 Å². The van der Waals surface area contributed by atoms with Crippen molar-refractivity contribution < 1.29 is 14.6 Å². The van der Waals surface area contributed by atoms with Crippen LogP contribution in [0.25, 0.3) is 0 Å². The highest BCUT2D eigenvalue weighted by Gasteiger charge is 1.92. The zero-order chi connectivity index (χ0) is 10.4. The van der Waals surface area contributed by atoms with E-state index in [1.807, 2.05) is 19.1 Å². The van der Waals surface area contributed by atoms with Gasteiger partial charge in [-0.25, -0.2) is 0 Å². The van der Waals surface area contributed by atoms with Crippen LogP contribution in [0.1, 0.15) is 5.56 Å². The molecule has 0 bridgehead atoms. The van der Waals surface area contributed by atoms with Gasteiger partial charge in [-0.15, -0.1) is 0 Å². The van der Waals surface area contributed by atoms with Gasteiger partial charge in [-0.2, -0.15) is 0 Å². The molecule has 0 aliphatic heterocycles. The molecule has 0 radical (unpaired) electrons. The predicted octanol–water partition coefficient (Wildman–Crippen LogP) is 0.805. The molecule has 0 saturated heterocycles. The third kappa shape index (κ3) is 3.15. The molecule has 0 unspecified atom stereocenters. The Hall–Kier alpha value is -2.02. The van der Waals surface area contributed by atoms with Crippen LogP contribution in [0.4, 0.5) is 5.69 Å². The number of rotatable bonds is 2. The molecular formula is C10H10N2O2. The third-order valence-corrected chi connectivity index (χ3v) is 1.53. The molecular weight excluding hydrogens is 180 g/mol. The number of hydrogen-bond donors (Lipinski definition) is 0. The van der Waals surface area contributed by atoms with E-state index in [1.165, 1.54) is 7.11 Å². The monoisotopic (exact) mass is 190 g/mol. The quantitative estimate of drug-likeness (QED) is 0.300. The summed E-state index contributed by atoms with van der Waals surface area (Å²) in [4.78, 5) is 3.44. The summed E-state index contributed by atoms with van der Waals surface area (Å²) in [5.74, 6) is 1.45. The molecule has 0 heterocycles. The van der Waals surface area contributed by atoms with E-state index < -0.39 is 5.95 Å². The maximum Gasteiger partial charge on any atom is 0.376 e. The van der Waals surface area contributed by atoms with Gasteiger partial charge in [0.1, 0.15) is 15.6 Å². The molecule has 0 fully saturated rings. The molecule has 0 saturated carbocycles. The number of nitrogens with zero attached hydrogens (tertiary/aromatic N) is 2. The van der Waals surface area contributed by atoms with Crippen molar-refractivity contribution in [3.8, 4) is 0 Å². The second-order valence-electron chi connectivity index (χ2n) is 2.64. The van der Waals surface area contributed by atoms with Crippen molar-refractivity contribution in [2.24, 2.45) is 5.11 Å². The van der Waals surface area contributed by atoms with E-state index >= 15 is 0 Å². The van der Waals surface area contributed by atoms with Crippen molar-refractivity contribution >= 4 is 11.6 Å². The van der Waals surface area contributed by atoms with Crippen LogP contribution in [0.5, 0.6) is 0 Å². The second-order valence-corrected chi connectivity index (χ2v) is 2.64. The molecule has 0 N–H and O–H groups in total. The normalized spacial score (nSPS) is 8.43. The zero-order valence-corrected chi connectivity index (χ0v) is 8.02. The largest absolute Gasteiger partial charge is 0.606 e. The van der Waals surface area contributed by atoms with E-state index in [1.54, 1.807) is 12.1 Å². The van der Waals surface area contributed by atoms with Crippen molar-refractivity contribution in [3.05, 3.63) is 35.8 Å². The molecule has 14 heavy (non-hydrogen) atoms. The molecule has 4 heteroatoms. The Morgan fingerprint density at radius 1 is 1.43 bits per heavy atom. The van der Waals surface area contributed by atoms with Crippen LogP contribution in [0.15, 0.2) is 35.3 Å². The fourth-order valence-corrected chi connectivity index (χ4v) is 0.781. The van der Waals surface area contributed by atoms with E-state index in [9.17, 15) is 5.11 Å². The molecule has 0 spiro atoms. The van der Waals surface area contributed by atoms with Crippen LogP contribution < -0.4 is 5.11 Å². The fraction of sp³-hybridized carbons (Fsp3) is 0.200. The lowest BCUT2D eigenvalue weighted by Gasteiger charge is -1.96. The van der Waals surface area contributed by atoms with Crippen molar-refractivity contribution in [2.75, 3.05) is 7.11 Å². The summed E-state index contributed by atoms with van der Waals surface area (Å²) >= 11 is 0. The maximum atomic E-state index is 10.6. The Morgan fingerprint density at radius 2 is 2.07 bits per heavy atom. The van der Waals surface area contributed by atoms with E-state index in [0.29, 0.717) is 5.69 Å². The Kier molecular flexibility index (Phi) is 3.50. The summed E-state index contributed by atoms with van der Waals surface area (Å²) in [6, 6.07) is 7.43. The number of hydrogen-bond acceptors (Lipinski definition) is 3. The number of aryl methyl sites for hydroxylation is 1. The van der Waals surface area contributed by atoms with Gasteiger partial charge in [-0.3, -0.25) is 0 Å². The molecule has 72 valence electrons. The first kappa shape index (κ1) is 10.1. The summed E-state index contributed by atoms with van der Waals surface area (Å²) in [7, 11) is 1.26. The Labute approximate surface area is 81.9 Å². The van der Waals surface area contributed by atoms with Crippen molar-refractivity contribution in [3.63, 3.8) is 0 Å². The van der Waals surface area contributed by atoms with Gasteiger partial charge in [0.05, 0.1) is 0 Å². The van der Waals surface area contributed by atoms with Crippen molar-refractivity contribution in [1.82, 2.24) is 0 Å². The van der Waals surface area contributed by atoms with Gasteiger partial charge >= 0.3 is 5.87 Å². The summed E-state index contributed by atoms with van der Waals surface area (Å²) < 4.78 is 4.30. The average molecular weight is 190 g/mol. The molecule has 0 atom stereocenters. The van der Waals surface area contributed by atoms with Crippen molar-refractivity contribution in [2.45, 2.75) is 6.92 Å². The molecule has 1 rings (SSSR count). The van der Waals surface area contributed by atoms with Crippen molar-refractivity contribution in [1.29, 1.82) is 0 Å². The van der Waals surface area contributed by atoms with Gasteiger partial charge in [0.2, 0.25) is 0 Å². The van der Waals surface area contributed by atoms with Gasteiger partial charge in [-0.1, -0.05) is 17.7 Å². The molecule has 0 aliphatic rings. The molecule has 4 nitrogen and oxygen atoms in total. The van der Waals surface area contributed by atoms with Gasteiger partial charge in [0.25, 0.3) is 0 Å². The Bertz CT molecular complexity index is 397. The van der Waals surface area contributed by atoms with Crippen LogP contribution in [-0.4, -0.2) is 17.8 Å². The van der Waals surface area contributed by atoms with E-state index in [-0.39, 0.29) is 0 Å². The molecule has 0 amide bonds. The lowest BCUT2D eigenvalue weighted by molar-refractivity contribution is -0.351. The standard InChI is InChI=1S/C10H10N2O2/c1-8-3-5-9(6-4-8)12-11-7-10(13)14-2/h3-6H,1-2H3. The van der Waals surface area contributed by atoms with Crippen LogP contribution in [-0.2, 0) is 4.74 Å². The highest BCUT2D eigenvalue weighted by atomic mass is 16.6. The van der Waals surface area contributed by atoms with Crippen LogP contribution in [0.3, 0.4) is 0 Å². The highest BCUT2D eigenvalue weighted by Crippen LogP contribution is 2.10.